The molecule has 0 aliphatic heterocycles. The van der Waals surface area contributed by atoms with Gasteiger partial charge in [-0.1, -0.05) is 6.07 Å². The summed E-state index contributed by atoms with van der Waals surface area (Å²) in [6.07, 6.45) is 0. The average Bonchev–Trinajstić information content (AvgIpc) is 3.00. The van der Waals surface area contributed by atoms with Crippen LogP contribution in [0, 0.1) is 19.7 Å². The van der Waals surface area contributed by atoms with Gasteiger partial charge in [-0.3, -0.25) is 9.52 Å². The zero-order chi connectivity index (χ0) is 22.8. The maximum Gasteiger partial charge on any atom is 0.341 e. The highest BCUT2D eigenvalue weighted by Gasteiger charge is 2.22. The molecule has 1 amide bonds. The average molecular weight is 463 g/mol. The molecule has 10 heteroatoms. The number of sulfonamides is 1. The van der Waals surface area contributed by atoms with E-state index in [1.165, 1.54) is 42.7 Å². The number of anilines is 2. The number of carbonyl (C=O) groups excluding carboxylic acids is 2. The monoisotopic (exact) mass is 462 g/mol. The number of ether oxygens (including phenoxy) is 1. The minimum atomic E-state index is -3.96. The van der Waals surface area contributed by atoms with E-state index in [0.29, 0.717) is 10.6 Å². The van der Waals surface area contributed by atoms with Crippen molar-refractivity contribution in [3.63, 3.8) is 0 Å². The van der Waals surface area contributed by atoms with E-state index in [1.807, 2.05) is 6.92 Å². The van der Waals surface area contributed by atoms with Gasteiger partial charge in [-0.25, -0.2) is 17.6 Å². The Kier molecular flexibility index (Phi) is 6.42. The highest BCUT2D eigenvalue weighted by Crippen LogP contribution is 2.33. The van der Waals surface area contributed by atoms with Gasteiger partial charge >= 0.3 is 5.97 Å². The summed E-state index contributed by atoms with van der Waals surface area (Å²) >= 11 is 1.25. The Morgan fingerprint density at radius 1 is 1.06 bits per heavy atom. The van der Waals surface area contributed by atoms with Gasteiger partial charge in [-0.15, -0.1) is 11.3 Å². The molecule has 0 saturated heterocycles. The van der Waals surface area contributed by atoms with Crippen molar-refractivity contribution in [3.05, 3.63) is 75.9 Å². The normalized spacial score (nSPS) is 11.1. The third kappa shape index (κ3) is 4.92. The van der Waals surface area contributed by atoms with Gasteiger partial charge in [0.2, 0.25) is 0 Å². The third-order valence-electron chi connectivity index (χ3n) is 4.50. The number of hydrogen-bond donors (Lipinski definition) is 2. The van der Waals surface area contributed by atoms with Crippen molar-refractivity contribution in [3.8, 4) is 0 Å². The van der Waals surface area contributed by atoms with Crippen LogP contribution in [0.15, 0.2) is 53.4 Å². The van der Waals surface area contributed by atoms with Crippen LogP contribution in [0.3, 0.4) is 0 Å². The van der Waals surface area contributed by atoms with Crippen LogP contribution in [0.25, 0.3) is 0 Å². The van der Waals surface area contributed by atoms with Crippen LogP contribution in [0.2, 0.25) is 0 Å². The lowest BCUT2D eigenvalue weighted by Gasteiger charge is -2.10. The van der Waals surface area contributed by atoms with Crippen LogP contribution in [-0.4, -0.2) is 27.4 Å². The lowest BCUT2D eigenvalue weighted by Crippen LogP contribution is -2.16. The molecule has 7 nitrogen and oxygen atoms in total. The highest BCUT2D eigenvalue weighted by molar-refractivity contribution is 7.92. The summed E-state index contributed by atoms with van der Waals surface area (Å²) < 4.78 is 45.2. The largest absolute Gasteiger partial charge is 0.465 e. The number of thiophene rings is 1. The molecule has 0 fully saturated rings. The molecule has 0 radical (unpaired) electrons. The summed E-state index contributed by atoms with van der Waals surface area (Å²) in [6.45, 7) is 3.59. The summed E-state index contributed by atoms with van der Waals surface area (Å²) in [5.74, 6) is -1.63. The summed E-state index contributed by atoms with van der Waals surface area (Å²) in [5, 5.41) is 3.04. The summed E-state index contributed by atoms with van der Waals surface area (Å²) in [7, 11) is -2.70. The van der Waals surface area contributed by atoms with E-state index >= 15 is 0 Å². The van der Waals surface area contributed by atoms with Gasteiger partial charge in [-0.2, -0.15) is 0 Å². The fourth-order valence-corrected chi connectivity index (χ4v) is 4.88. The zero-order valence-corrected chi connectivity index (χ0v) is 18.5. The fourth-order valence-electron chi connectivity index (χ4n) is 2.79. The molecule has 1 aromatic heterocycles. The van der Waals surface area contributed by atoms with Gasteiger partial charge in [0.05, 0.1) is 17.6 Å². The second-order valence-electron chi connectivity index (χ2n) is 6.57. The number of benzene rings is 2. The highest BCUT2D eigenvalue weighted by atomic mass is 32.2. The van der Waals surface area contributed by atoms with Gasteiger partial charge in [0.1, 0.15) is 10.8 Å². The number of rotatable bonds is 6. The van der Waals surface area contributed by atoms with Gasteiger partial charge in [-0.05, 0) is 61.9 Å². The quantitative estimate of drug-likeness (QED) is 0.531. The van der Waals surface area contributed by atoms with E-state index in [9.17, 15) is 22.4 Å². The Morgan fingerprint density at radius 2 is 1.74 bits per heavy atom. The second-order valence-corrected chi connectivity index (χ2v) is 9.48. The van der Waals surface area contributed by atoms with E-state index in [-0.39, 0.29) is 21.7 Å². The Morgan fingerprint density at radius 3 is 2.39 bits per heavy atom. The van der Waals surface area contributed by atoms with E-state index in [4.69, 9.17) is 4.74 Å². The topological polar surface area (TPSA) is 102 Å². The van der Waals surface area contributed by atoms with Gasteiger partial charge in [0, 0.05) is 16.1 Å². The molecule has 31 heavy (non-hydrogen) atoms. The molecule has 3 aromatic rings. The molecular formula is C21H19FN2O5S2. The molecule has 0 aliphatic rings. The van der Waals surface area contributed by atoms with Crippen molar-refractivity contribution in [1.29, 1.82) is 0 Å². The number of carbonyl (C=O) groups is 2. The lowest BCUT2D eigenvalue weighted by molar-refractivity contribution is 0.0601. The molecule has 162 valence electrons. The standard InChI is InChI=1S/C21H19FN2O5S2/c1-12-13(2)30-20(18(12)21(26)29-3)23-19(25)14-5-4-6-16(11-14)24-31(27,28)17-9-7-15(22)8-10-17/h4-11,24H,1-3H3,(H,23,25). The first-order valence-corrected chi connectivity index (χ1v) is 11.3. The molecule has 0 aliphatic carbocycles. The van der Waals surface area contributed by atoms with Crippen LogP contribution in [0.1, 0.15) is 31.2 Å². The minimum Gasteiger partial charge on any atom is -0.465 e. The molecule has 0 unspecified atom stereocenters. The van der Waals surface area contributed by atoms with Gasteiger partial charge in [0.15, 0.2) is 0 Å². The lowest BCUT2D eigenvalue weighted by atomic mass is 10.1. The molecule has 0 spiro atoms. The molecule has 0 atom stereocenters. The van der Waals surface area contributed by atoms with Gasteiger partial charge < -0.3 is 10.1 Å². The summed E-state index contributed by atoms with van der Waals surface area (Å²) in [6, 6.07) is 10.2. The van der Waals surface area contributed by atoms with Crippen LogP contribution in [-0.2, 0) is 14.8 Å². The van der Waals surface area contributed by atoms with E-state index in [1.54, 1.807) is 6.92 Å². The van der Waals surface area contributed by atoms with Crippen molar-refractivity contribution in [2.45, 2.75) is 18.7 Å². The minimum absolute atomic E-state index is 0.115. The summed E-state index contributed by atoms with van der Waals surface area (Å²) in [4.78, 5) is 25.6. The number of amides is 1. The Hall–Kier alpha value is -3.24. The molecule has 0 bridgehead atoms. The number of halogens is 1. The molecule has 2 N–H and O–H groups in total. The van der Waals surface area contributed by atoms with Crippen LogP contribution < -0.4 is 10.0 Å². The maximum absolute atomic E-state index is 13.1. The van der Waals surface area contributed by atoms with Crippen molar-refractivity contribution in [2.24, 2.45) is 0 Å². The van der Waals surface area contributed by atoms with Crippen molar-refractivity contribution in [2.75, 3.05) is 17.1 Å². The number of nitrogens with one attached hydrogen (secondary N) is 2. The Labute approximate surface area is 182 Å². The number of esters is 1. The van der Waals surface area contributed by atoms with Crippen LogP contribution in [0.5, 0.6) is 0 Å². The van der Waals surface area contributed by atoms with Crippen molar-refractivity contribution in [1.82, 2.24) is 0 Å². The second kappa shape index (κ2) is 8.86. The van der Waals surface area contributed by atoms with Gasteiger partial charge in [0.25, 0.3) is 15.9 Å². The Balaban J connectivity index is 1.84. The third-order valence-corrected chi connectivity index (χ3v) is 7.02. The fraction of sp³-hybridized carbons (Fsp3) is 0.143. The van der Waals surface area contributed by atoms with Crippen LogP contribution >= 0.6 is 11.3 Å². The number of aryl methyl sites for hydroxylation is 1. The SMILES string of the molecule is COC(=O)c1c(NC(=O)c2cccc(NS(=O)(=O)c3ccc(F)cc3)c2)sc(C)c1C. The maximum atomic E-state index is 13.1. The molecule has 1 heterocycles. The molecular weight excluding hydrogens is 443 g/mol. The van der Waals surface area contributed by atoms with E-state index in [2.05, 4.69) is 10.0 Å². The van der Waals surface area contributed by atoms with Crippen LogP contribution in [0.4, 0.5) is 15.1 Å². The first-order chi connectivity index (χ1) is 14.6. The summed E-state index contributed by atoms with van der Waals surface area (Å²) in [5.41, 5.74) is 1.34. The van der Waals surface area contributed by atoms with Crippen molar-refractivity contribution >= 4 is 43.9 Å². The number of methoxy groups -OCH3 is 1. The zero-order valence-electron chi connectivity index (χ0n) is 16.9. The number of hydrogen-bond acceptors (Lipinski definition) is 6. The molecule has 0 saturated carbocycles. The first kappa shape index (κ1) is 22.4. The Bertz CT molecular complexity index is 1250. The predicted octanol–water partition coefficient (Wildman–Crippen LogP) is 4.34. The molecule has 3 rings (SSSR count). The van der Waals surface area contributed by atoms with E-state index in [0.717, 1.165) is 29.1 Å². The van der Waals surface area contributed by atoms with E-state index < -0.39 is 27.7 Å². The predicted molar refractivity (Wildman–Crippen MR) is 117 cm³/mol. The smallest absolute Gasteiger partial charge is 0.341 e. The van der Waals surface area contributed by atoms with Crippen molar-refractivity contribution < 1.29 is 27.1 Å². The molecule has 2 aromatic carbocycles. The first-order valence-electron chi connectivity index (χ1n) is 9.00.